The number of aromatic nitrogens is 2. The van der Waals surface area contributed by atoms with Gasteiger partial charge in [0.15, 0.2) is 5.16 Å². The SMILES string of the molecule is Cc1ccc(S(=O)(=O)Nc2ccccc2Sc2nccn2C)c(C)c1. The first-order valence-electron chi connectivity index (χ1n) is 7.71. The van der Waals surface area contributed by atoms with Crippen LogP contribution < -0.4 is 4.72 Å². The van der Waals surface area contributed by atoms with E-state index in [2.05, 4.69) is 9.71 Å². The molecule has 0 amide bonds. The summed E-state index contributed by atoms with van der Waals surface area (Å²) in [6.45, 7) is 3.74. The number of nitrogens with zero attached hydrogens (tertiary/aromatic N) is 2. The van der Waals surface area contributed by atoms with Crippen LogP contribution in [-0.4, -0.2) is 18.0 Å². The number of hydrogen-bond acceptors (Lipinski definition) is 4. The number of anilines is 1. The van der Waals surface area contributed by atoms with Crippen molar-refractivity contribution in [2.75, 3.05) is 4.72 Å². The molecule has 1 aromatic heterocycles. The van der Waals surface area contributed by atoms with Crippen molar-refractivity contribution >= 4 is 27.5 Å². The highest BCUT2D eigenvalue weighted by atomic mass is 32.2. The van der Waals surface area contributed by atoms with Gasteiger partial charge in [-0.1, -0.05) is 29.8 Å². The number of rotatable bonds is 5. The van der Waals surface area contributed by atoms with Crippen molar-refractivity contribution in [3.8, 4) is 0 Å². The maximum Gasteiger partial charge on any atom is 0.262 e. The van der Waals surface area contributed by atoms with Crippen molar-refractivity contribution in [2.24, 2.45) is 7.05 Å². The highest BCUT2D eigenvalue weighted by Gasteiger charge is 2.19. The molecular weight excluding hydrogens is 354 g/mol. The van der Waals surface area contributed by atoms with Crippen molar-refractivity contribution in [1.82, 2.24) is 9.55 Å². The summed E-state index contributed by atoms with van der Waals surface area (Å²) in [6.07, 6.45) is 3.57. The minimum absolute atomic E-state index is 0.287. The van der Waals surface area contributed by atoms with Crippen LogP contribution >= 0.6 is 11.8 Å². The first-order chi connectivity index (χ1) is 11.9. The third kappa shape index (κ3) is 3.88. The Morgan fingerprint density at radius 3 is 2.56 bits per heavy atom. The third-order valence-corrected chi connectivity index (χ3v) is 6.41. The van der Waals surface area contributed by atoms with Crippen LogP contribution in [0.4, 0.5) is 5.69 Å². The van der Waals surface area contributed by atoms with Gasteiger partial charge in [0.05, 0.1) is 10.6 Å². The van der Waals surface area contributed by atoms with E-state index in [-0.39, 0.29) is 4.90 Å². The Kier molecular flexibility index (Phi) is 4.87. The molecule has 0 radical (unpaired) electrons. The smallest absolute Gasteiger partial charge is 0.262 e. The quantitative estimate of drug-likeness (QED) is 0.734. The van der Waals surface area contributed by atoms with Gasteiger partial charge in [0.1, 0.15) is 0 Å². The molecule has 0 spiro atoms. The number of benzene rings is 2. The lowest BCUT2D eigenvalue weighted by Crippen LogP contribution is -2.15. The Morgan fingerprint density at radius 2 is 1.88 bits per heavy atom. The van der Waals surface area contributed by atoms with E-state index in [1.54, 1.807) is 31.3 Å². The number of imidazole rings is 1. The molecule has 0 saturated carbocycles. The summed E-state index contributed by atoms with van der Waals surface area (Å²) in [6, 6.07) is 12.6. The van der Waals surface area contributed by atoms with E-state index in [0.717, 1.165) is 21.2 Å². The maximum absolute atomic E-state index is 12.8. The normalized spacial score (nSPS) is 11.5. The van der Waals surface area contributed by atoms with E-state index in [1.807, 2.05) is 49.0 Å². The molecule has 0 aliphatic carbocycles. The monoisotopic (exact) mass is 373 g/mol. The maximum atomic E-state index is 12.8. The summed E-state index contributed by atoms with van der Waals surface area (Å²) in [5, 5.41) is 0.790. The zero-order chi connectivity index (χ0) is 18.0. The Hall–Kier alpha value is -2.25. The second-order valence-electron chi connectivity index (χ2n) is 5.79. The first-order valence-corrected chi connectivity index (χ1v) is 10.0. The second-order valence-corrected chi connectivity index (χ2v) is 8.45. The van der Waals surface area contributed by atoms with E-state index < -0.39 is 10.0 Å². The molecular formula is C18H19N3O2S2. The van der Waals surface area contributed by atoms with Gasteiger partial charge in [-0.2, -0.15) is 0 Å². The van der Waals surface area contributed by atoms with Gasteiger partial charge in [-0.25, -0.2) is 13.4 Å². The van der Waals surface area contributed by atoms with Crippen LogP contribution in [0, 0.1) is 13.8 Å². The molecule has 0 fully saturated rings. The largest absolute Gasteiger partial charge is 0.329 e. The molecule has 1 heterocycles. The van der Waals surface area contributed by atoms with Gasteiger partial charge in [-0.15, -0.1) is 0 Å². The number of aryl methyl sites for hydroxylation is 3. The van der Waals surface area contributed by atoms with Gasteiger partial charge in [0, 0.05) is 24.3 Å². The summed E-state index contributed by atoms with van der Waals surface area (Å²) in [5.41, 5.74) is 2.29. The van der Waals surface area contributed by atoms with E-state index in [1.165, 1.54) is 11.8 Å². The van der Waals surface area contributed by atoms with Crippen LogP contribution in [0.5, 0.6) is 0 Å². The zero-order valence-electron chi connectivity index (χ0n) is 14.2. The molecule has 2 aromatic carbocycles. The molecule has 3 rings (SSSR count). The Morgan fingerprint density at radius 1 is 1.12 bits per heavy atom. The Labute approximate surface area is 152 Å². The molecule has 0 bridgehead atoms. The van der Waals surface area contributed by atoms with Crippen molar-refractivity contribution in [3.05, 3.63) is 66.0 Å². The molecule has 25 heavy (non-hydrogen) atoms. The molecule has 0 atom stereocenters. The topological polar surface area (TPSA) is 64.0 Å². The molecule has 0 aliphatic heterocycles. The van der Waals surface area contributed by atoms with Crippen LogP contribution in [0.3, 0.4) is 0 Å². The second kappa shape index (κ2) is 6.93. The summed E-state index contributed by atoms with van der Waals surface area (Å²) in [4.78, 5) is 5.36. The van der Waals surface area contributed by atoms with Crippen LogP contribution in [0.25, 0.3) is 0 Å². The minimum Gasteiger partial charge on any atom is -0.329 e. The zero-order valence-corrected chi connectivity index (χ0v) is 15.9. The molecule has 0 unspecified atom stereocenters. The fourth-order valence-corrected chi connectivity index (χ4v) is 4.75. The van der Waals surface area contributed by atoms with Gasteiger partial charge in [-0.05, 0) is 49.4 Å². The number of para-hydroxylation sites is 1. The fraction of sp³-hybridized carbons (Fsp3) is 0.167. The number of sulfonamides is 1. The molecule has 0 aliphatic rings. The predicted molar refractivity (Wildman–Crippen MR) is 100 cm³/mol. The fourth-order valence-electron chi connectivity index (χ4n) is 2.49. The standard InChI is InChI=1S/C18H19N3O2S2/c1-13-8-9-17(14(2)12-13)25(22,23)20-15-6-4-5-7-16(15)24-18-19-10-11-21(18)3/h4-12,20H,1-3H3. The lowest BCUT2D eigenvalue weighted by atomic mass is 10.2. The average molecular weight is 374 g/mol. The molecule has 130 valence electrons. The van der Waals surface area contributed by atoms with Crippen molar-refractivity contribution in [1.29, 1.82) is 0 Å². The van der Waals surface area contributed by atoms with Crippen molar-refractivity contribution in [3.63, 3.8) is 0 Å². The van der Waals surface area contributed by atoms with Crippen molar-refractivity contribution in [2.45, 2.75) is 28.8 Å². The highest BCUT2D eigenvalue weighted by Crippen LogP contribution is 2.33. The minimum atomic E-state index is -3.66. The molecule has 7 heteroatoms. The number of hydrogen-bond donors (Lipinski definition) is 1. The lowest BCUT2D eigenvalue weighted by Gasteiger charge is -2.14. The molecule has 1 N–H and O–H groups in total. The summed E-state index contributed by atoms with van der Waals surface area (Å²) in [5.74, 6) is 0. The van der Waals surface area contributed by atoms with E-state index in [0.29, 0.717) is 5.69 Å². The number of nitrogens with one attached hydrogen (secondary N) is 1. The van der Waals surface area contributed by atoms with E-state index in [4.69, 9.17) is 0 Å². The van der Waals surface area contributed by atoms with Crippen molar-refractivity contribution < 1.29 is 8.42 Å². The van der Waals surface area contributed by atoms with Gasteiger partial charge in [-0.3, -0.25) is 4.72 Å². The first kappa shape index (κ1) is 17.6. The Bertz CT molecular complexity index is 1010. The van der Waals surface area contributed by atoms with Gasteiger partial charge >= 0.3 is 0 Å². The lowest BCUT2D eigenvalue weighted by molar-refractivity contribution is 0.600. The molecule has 5 nitrogen and oxygen atoms in total. The Balaban J connectivity index is 1.94. The van der Waals surface area contributed by atoms with Crippen LogP contribution in [0.1, 0.15) is 11.1 Å². The van der Waals surface area contributed by atoms with E-state index in [9.17, 15) is 8.42 Å². The van der Waals surface area contributed by atoms with Gasteiger partial charge in [0.25, 0.3) is 10.0 Å². The van der Waals surface area contributed by atoms with E-state index >= 15 is 0 Å². The van der Waals surface area contributed by atoms with Crippen LogP contribution in [-0.2, 0) is 17.1 Å². The predicted octanol–water partition coefficient (Wildman–Crippen LogP) is 3.99. The summed E-state index contributed by atoms with van der Waals surface area (Å²) >= 11 is 1.41. The van der Waals surface area contributed by atoms with Crippen LogP contribution in [0.2, 0.25) is 0 Å². The highest BCUT2D eigenvalue weighted by molar-refractivity contribution is 7.99. The summed E-state index contributed by atoms with van der Waals surface area (Å²) < 4.78 is 30.2. The molecule has 0 saturated heterocycles. The third-order valence-electron chi connectivity index (χ3n) is 3.73. The summed E-state index contributed by atoms with van der Waals surface area (Å²) in [7, 11) is -1.76. The molecule has 3 aromatic rings. The van der Waals surface area contributed by atoms with Crippen LogP contribution in [0.15, 0.2) is 69.8 Å². The van der Waals surface area contributed by atoms with Gasteiger partial charge in [0.2, 0.25) is 0 Å². The average Bonchev–Trinajstić information content (AvgIpc) is 2.93. The van der Waals surface area contributed by atoms with Gasteiger partial charge < -0.3 is 4.57 Å².